The van der Waals surface area contributed by atoms with Crippen LogP contribution in [0.15, 0.2) is 23.0 Å². The van der Waals surface area contributed by atoms with Gasteiger partial charge in [-0.3, -0.25) is 14.5 Å². The Labute approximate surface area is 183 Å². The fourth-order valence-electron chi connectivity index (χ4n) is 3.99. The highest BCUT2D eigenvalue weighted by molar-refractivity contribution is 5.92. The van der Waals surface area contributed by atoms with Crippen LogP contribution in [0.1, 0.15) is 34.2 Å². The molecule has 32 heavy (non-hydrogen) atoms. The van der Waals surface area contributed by atoms with Gasteiger partial charge in [-0.2, -0.15) is 4.39 Å². The number of hydrogen-bond acceptors (Lipinski definition) is 6. The molecule has 3 N–H and O–H groups in total. The molecule has 1 aliphatic heterocycles. The van der Waals surface area contributed by atoms with Crippen LogP contribution in [0.2, 0.25) is 0 Å². The summed E-state index contributed by atoms with van der Waals surface area (Å²) in [6.45, 7) is 6.03. The van der Waals surface area contributed by atoms with Gasteiger partial charge < -0.3 is 15.6 Å². The van der Waals surface area contributed by atoms with Crippen LogP contribution in [0.3, 0.4) is 0 Å². The summed E-state index contributed by atoms with van der Waals surface area (Å²) in [5.41, 5.74) is 7.49. The zero-order valence-corrected chi connectivity index (χ0v) is 17.9. The lowest BCUT2D eigenvalue weighted by Gasteiger charge is -2.36. The molecule has 168 valence electrons. The normalized spacial score (nSPS) is 14.8. The van der Waals surface area contributed by atoms with Gasteiger partial charge in [0.1, 0.15) is 17.2 Å². The number of H-pyrrole nitrogens is 1. The SMILES string of the molecule is CCc1nc2cc(F)c(CN3CCN(c4cc(C)c(C(N)=O)nc4F)CC3)cc2[nH]c1=O. The topological polar surface area (TPSA) is 108 Å². The number of aromatic amines is 1. The summed E-state index contributed by atoms with van der Waals surface area (Å²) in [6.07, 6.45) is 0.472. The maximum Gasteiger partial charge on any atom is 0.270 e. The summed E-state index contributed by atoms with van der Waals surface area (Å²) >= 11 is 0. The van der Waals surface area contributed by atoms with Gasteiger partial charge in [-0.05, 0) is 31.0 Å². The van der Waals surface area contributed by atoms with Crippen LogP contribution in [0.5, 0.6) is 0 Å². The Hall–Kier alpha value is -3.40. The molecule has 0 aliphatic carbocycles. The van der Waals surface area contributed by atoms with Crippen molar-refractivity contribution < 1.29 is 13.6 Å². The van der Waals surface area contributed by atoms with Crippen LogP contribution in [0.4, 0.5) is 14.5 Å². The quantitative estimate of drug-likeness (QED) is 0.585. The summed E-state index contributed by atoms with van der Waals surface area (Å²) in [5, 5.41) is 0. The fourth-order valence-corrected chi connectivity index (χ4v) is 3.99. The average Bonchev–Trinajstić information content (AvgIpc) is 2.76. The molecule has 1 aromatic carbocycles. The molecule has 1 saturated heterocycles. The number of nitrogens with two attached hydrogens (primary N) is 1. The molecule has 0 saturated carbocycles. The van der Waals surface area contributed by atoms with E-state index in [4.69, 9.17) is 5.73 Å². The van der Waals surface area contributed by atoms with Crippen molar-refractivity contribution in [3.05, 3.63) is 62.8 Å². The zero-order valence-electron chi connectivity index (χ0n) is 17.9. The van der Waals surface area contributed by atoms with Crippen molar-refractivity contribution in [2.24, 2.45) is 5.73 Å². The second-order valence-electron chi connectivity index (χ2n) is 7.92. The molecule has 2 aromatic heterocycles. The van der Waals surface area contributed by atoms with Gasteiger partial charge in [0, 0.05) is 44.4 Å². The Bertz CT molecular complexity index is 1250. The van der Waals surface area contributed by atoms with Gasteiger partial charge in [0.2, 0.25) is 5.95 Å². The minimum Gasteiger partial charge on any atom is -0.365 e. The molecule has 3 aromatic rings. The molecule has 0 radical (unpaired) electrons. The summed E-state index contributed by atoms with van der Waals surface area (Å²) in [6, 6.07) is 4.55. The Kier molecular flexibility index (Phi) is 5.88. The fraction of sp³-hybridized carbons (Fsp3) is 0.364. The third kappa shape index (κ3) is 4.18. The van der Waals surface area contributed by atoms with Crippen molar-refractivity contribution in [2.45, 2.75) is 26.8 Å². The van der Waals surface area contributed by atoms with Gasteiger partial charge in [-0.1, -0.05) is 6.92 Å². The van der Waals surface area contributed by atoms with Gasteiger partial charge in [0.15, 0.2) is 0 Å². The molecule has 0 unspecified atom stereocenters. The monoisotopic (exact) mass is 442 g/mol. The minimum atomic E-state index is -0.766. The number of nitrogens with one attached hydrogen (secondary N) is 1. The number of pyridine rings is 1. The molecule has 10 heteroatoms. The summed E-state index contributed by atoms with van der Waals surface area (Å²) in [5.74, 6) is -1.88. The van der Waals surface area contributed by atoms with Gasteiger partial charge in [0.25, 0.3) is 11.5 Å². The lowest BCUT2D eigenvalue weighted by Crippen LogP contribution is -2.46. The van der Waals surface area contributed by atoms with Crippen molar-refractivity contribution >= 4 is 22.6 Å². The van der Waals surface area contributed by atoms with E-state index in [2.05, 4.69) is 19.9 Å². The Morgan fingerprint density at radius 2 is 1.88 bits per heavy atom. The summed E-state index contributed by atoms with van der Waals surface area (Å²) in [4.78, 5) is 38.0. The molecular weight excluding hydrogens is 418 g/mol. The van der Waals surface area contributed by atoms with Crippen molar-refractivity contribution in [2.75, 3.05) is 31.1 Å². The third-order valence-corrected chi connectivity index (χ3v) is 5.75. The standard InChI is InChI=1S/C22H24F2N6O2/c1-3-15-22(32)27-16-9-13(14(23)10-17(16)26-15)11-29-4-6-30(7-5-29)18-8-12(2)19(21(25)31)28-20(18)24/h8-10H,3-7,11H2,1-2H3,(H2,25,31)(H,27,32). The number of aromatic nitrogens is 3. The van der Waals surface area contributed by atoms with Gasteiger partial charge in [-0.15, -0.1) is 0 Å². The van der Waals surface area contributed by atoms with Gasteiger partial charge in [-0.25, -0.2) is 14.4 Å². The Morgan fingerprint density at radius 1 is 1.16 bits per heavy atom. The second-order valence-corrected chi connectivity index (χ2v) is 7.92. The summed E-state index contributed by atoms with van der Waals surface area (Å²) < 4.78 is 29.1. The first-order chi connectivity index (χ1) is 15.3. The highest BCUT2D eigenvalue weighted by Crippen LogP contribution is 2.24. The van der Waals surface area contributed by atoms with Gasteiger partial charge in [0.05, 0.1) is 16.7 Å². The van der Waals surface area contributed by atoms with Crippen molar-refractivity contribution in [1.82, 2.24) is 19.9 Å². The first kappa shape index (κ1) is 21.8. The number of carbonyl (C=O) groups is 1. The number of halogens is 2. The lowest BCUT2D eigenvalue weighted by molar-refractivity contribution is 0.0994. The first-order valence-corrected chi connectivity index (χ1v) is 10.4. The Balaban J connectivity index is 1.48. The van der Waals surface area contributed by atoms with E-state index in [0.717, 1.165) is 0 Å². The van der Waals surface area contributed by atoms with Crippen molar-refractivity contribution in [1.29, 1.82) is 0 Å². The number of aryl methyl sites for hydroxylation is 2. The minimum absolute atomic E-state index is 0.0738. The molecule has 1 amide bonds. The van der Waals surface area contributed by atoms with E-state index in [1.807, 2.05) is 11.8 Å². The smallest absolute Gasteiger partial charge is 0.270 e. The van der Waals surface area contributed by atoms with Crippen molar-refractivity contribution in [3.63, 3.8) is 0 Å². The predicted octanol–water partition coefficient (Wildman–Crippen LogP) is 1.89. The number of benzene rings is 1. The third-order valence-electron chi connectivity index (χ3n) is 5.75. The average molecular weight is 442 g/mol. The number of amides is 1. The van der Waals surface area contributed by atoms with Crippen LogP contribution < -0.4 is 16.2 Å². The molecular formula is C22H24F2N6O2. The van der Waals surface area contributed by atoms with E-state index in [0.29, 0.717) is 72.7 Å². The highest BCUT2D eigenvalue weighted by atomic mass is 19.1. The molecule has 4 rings (SSSR count). The number of anilines is 1. The van der Waals surface area contributed by atoms with Crippen LogP contribution in [0, 0.1) is 18.7 Å². The number of carbonyl (C=O) groups excluding carboxylic acids is 1. The second kappa shape index (κ2) is 8.62. The molecule has 3 heterocycles. The predicted molar refractivity (Wildman–Crippen MR) is 117 cm³/mol. The lowest BCUT2D eigenvalue weighted by atomic mass is 10.1. The van der Waals surface area contributed by atoms with E-state index in [-0.39, 0.29) is 17.1 Å². The van der Waals surface area contributed by atoms with Crippen molar-refractivity contribution in [3.8, 4) is 0 Å². The Morgan fingerprint density at radius 3 is 2.53 bits per heavy atom. The molecule has 8 nitrogen and oxygen atoms in total. The van der Waals surface area contributed by atoms with E-state index in [9.17, 15) is 18.4 Å². The molecule has 0 spiro atoms. The van der Waals surface area contributed by atoms with E-state index >= 15 is 0 Å². The van der Waals surface area contributed by atoms with Crippen LogP contribution in [0.25, 0.3) is 11.0 Å². The maximum absolute atomic E-state index is 14.7. The van der Waals surface area contributed by atoms with Crippen LogP contribution in [-0.4, -0.2) is 51.9 Å². The number of fused-ring (bicyclic) bond motifs is 1. The molecule has 0 atom stereocenters. The van der Waals surface area contributed by atoms with E-state index in [1.54, 1.807) is 19.1 Å². The number of piperazine rings is 1. The van der Waals surface area contributed by atoms with E-state index < -0.39 is 11.9 Å². The molecule has 1 fully saturated rings. The summed E-state index contributed by atoms with van der Waals surface area (Å²) in [7, 11) is 0. The number of nitrogens with zero attached hydrogens (tertiary/aromatic N) is 4. The largest absolute Gasteiger partial charge is 0.365 e. The van der Waals surface area contributed by atoms with Gasteiger partial charge >= 0.3 is 0 Å². The molecule has 0 bridgehead atoms. The highest BCUT2D eigenvalue weighted by Gasteiger charge is 2.23. The number of hydrogen-bond donors (Lipinski definition) is 2. The molecule has 1 aliphatic rings. The first-order valence-electron chi connectivity index (χ1n) is 10.4. The maximum atomic E-state index is 14.7. The van der Waals surface area contributed by atoms with Crippen LogP contribution in [-0.2, 0) is 13.0 Å². The number of primary amides is 1. The van der Waals surface area contributed by atoms with E-state index in [1.165, 1.54) is 6.07 Å². The zero-order chi connectivity index (χ0) is 23.0. The number of rotatable bonds is 5. The van der Waals surface area contributed by atoms with Crippen LogP contribution >= 0.6 is 0 Å².